The molecule has 4 amide bonds. The Bertz CT molecular complexity index is 2290. The van der Waals surface area contributed by atoms with Crippen LogP contribution < -0.4 is 20.3 Å². The Balaban J connectivity index is 0.983. The number of anilines is 3. The Morgan fingerprint density at radius 3 is 2.48 bits per heavy atom. The van der Waals surface area contributed by atoms with Crippen molar-refractivity contribution in [3.63, 3.8) is 0 Å². The van der Waals surface area contributed by atoms with Gasteiger partial charge in [-0.3, -0.25) is 19.2 Å². The molecule has 16 nitrogen and oxygen atoms in total. The lowest BCUT2D eigenvalue weighted by molar-refractivity contribution is -0.198. The molecule has 2 aromatic heterocycles. The van der Waals surface area contributed by atoms with Gasteiger partial charge in [0, 0.05) is 70.3 Å². The number of fused-ring (bicyclic) bond motifs is 2. The van der Waals surface area contributed by atoms with E-state index in [1.807, 2.05) is 43.3 Å². The Hall–Kier alpha value is -6.26. The van der Waals surface area contributed by atoms with Crippen LogP contribution in [0.15, 0.2) is 67.5 Å². The lowest BCUT2D eigenvalue weighted by Crippen LogP contribution is -2.57. The summed E-state index contributed by atoms with van der Waals surface area (Å²) in [5, 5.41) is 5.60. The summed E-state index contributed by atoms with van der Waals surface area (Å²) in [5.41, 5.74) is 4.29. The molecule has 2 fully saturated rings. The van der Waals surface area contributed by atoms with Crippen LogP contribution in [0.3, 0.4) is 0 Å². The van der Waals surface area contributed by atoms with Crippen molar-refractivity contribution in [1.82, 2.24) is 19.0 Å². The van der Waals surface area contributed by atoms with Gasteiger partial charge in [-0.25, -0.2) is 14.7 Å². The van der Waals surface area contributed by atoms with Crippen molar-refractivity contribution in [3.05, 3.63) is 90.2 Å². The number of nitrogens with one attached hydrogen (secondary N) is 2. The van der Waals surface area contributed by atoms with Gasteiger partial charge in [0.25, 0.3) is 11.8 Å². The molecule has 61 heavy (non-hydrogen) atoms. The number of benzene rings is 2. The van der Waals surface area contributed by atoms with Crippen LogP contribution >= 0.6 is 0 Å². The summed E-state index contributed by atoms with van der Waals surface area (Å²) >= 11 is 0. The maximum atomic E-state index is 14.2. The third-order valence-corrected chi connectivity index (χ3v) is 11.1. The van der Waals surface area contributed by atoms with E-state index in [0.717, 1.165) is 36.8 Å². The second-order valence-electron chi connectivity index (χ2n) is 15.6. The number of ketones is 1. The summed E-state index contributed by atoms with van der Waals surface area (Å²) in [6, 6.07) is 12.1. The molecule has 3 aliphatic heterocycles. The zero-order valence-electron chi connectivity index (χ0n) is 35.1. The average molecular weight is 836 g/mol. The first-order chi connectivity index (χ1) is 29.4. The first-order valence-corrected chi connectivity index (χ1v) is 20.8. The second kappa shape index (κ2) is 19.0. The number of rotatable bonds is 14. The van der Waals surface area contributed by atoms with Crippen LogP contribution in [-0.4, -0.2) is 93.5 Å². The van der Waals surface area contributed by atoms with Crippen LogP contribution in [0, 0.1) is 6.92 Å². The van der Waals surface area contributed by atoms with Gasteiger partial charge in [0.1, 0.15) is 12.4 Å². The van der Waals surface area contributed by atoms with Gasteiger partial charge in [-0.15, -0.1) is 0 Å². The summed E-state index contributed by atoms with van der Waals surface area (Å²) in [7, 11) is 3.48. The summed E-state index contributed by atoms with van der Waals surface area (Å²) in [6.07, 6.45) is 8.17. The van der Waals surface area contributed by atoms with Gasteiger partial charge in [0.15, 0.2) is 24.1 Å². The van der Waals surface area contributed by atoms with E-state index in [2.05, 4.69) is 22.2 Å². The molecule has 0 aliphatic carbocycles. The van der Waals surface area contributed by atoms with E-state index in [1.165, 1.54) is 22.5 Å². The number of carbonyl (C=O) groups is 5. The molecule has 2 unspecified atom stereocenters. The van der Waals surface area contributed by atoms with Gasteiger partial charge in [0.2, 0.25) is 11.7 Å². The normalized spacial score (nSPS) is 18.7. The summed E-state index contributed by atoms with van der Waals surface area (Å²) in [5.74, 6) is -0.221. The van der Waals surface area contributed by atoms with Crippen LogP contribution in [-0.2, 0) is 33.1 Å². The molecule has 3 aliphatic rings. The molecule has 0 saturated carbocycles. The second-order valence-corrected chi connectivity index (χ2v) is 15.6. The molecule has 5 heterocycles. The van der Waals surface area contributed by atoms with Crippen LogP contribution in [0.25, 0.3) is 11.1 Å². The molecular formula is C45H53N7O9. The quantitative estimate of drug-likeness (QED) is 0.0765. The van der Waals surface area contributed by atoms with E-state index < -0.39 is 30.6 Å². The predicted molar refractivity (Wildman–Crippen MR) is 228 cm³/mol. The molecule has 0 spiro atoms. The number of hydrogen-bond acceptors (Lipinski definition) is 10. The number of nitrogens with zero attached hydrogens (tertiary/aromatic N) is 5. The standard InChI is InChI=1S/C45H53N7O9/c1-6-20-60-45(57)52-36-25-37(28(2)23-33(36)43(56)51-19-9-7-12-34(51)44(52)61-40-14-8-10-21-59-40)58-22-11-13-39(54)47-38-27-50(5)41(48-38)42(55)46-32-17-15-30(16-18-32)31-24-35(29(3)53)49(4)26-31/h6,15-18,23-27,34,40,44H,1,7-14,19-22H2,2-5H3,(H,46,55)(H,47,54)/t34-,40?,44?/m0/s1. The van der Waals surface area contributed by atoms with Crippen LogP contribution in [0.5, 0.6) is 5.75 Å². The molecule has 7 rings (SSSR count). The zero-order chi connectivity index (χ0) is 43.2. The highest BCUT2D eigenvalue weighted by atomic mass is 16.7. The van der Waals surface area contributed by atoms with Crippen molar-refractivity contribution in [2.24, 2.45) is 14.1 Å². The molecule has 2 N–H and O–H groups in total. The molecule has 2 saturated heterocycles. The third-order valence-electron chi connectivity index (χ3n) is 11.1. The summed E-state index contributed by atoms with van der Waals surface area (Å²) in [6.45, 7) is 8.26. The third kappa shape index (κ3) is 9.71. The van der Waals surface area contributed by atoms with E-state index in [-0.39, 0.29) is 48.9 Å². The van der Waals surface area contributed by atoms with Crippen molar-refractivity contribution in [2.45, 2.75) is 83.8 Å². The van der Waals surface area contributed by atoms with Crippen LogP contribution in [0.4, 0.5) is 22.0 Å². The van der Waals surface area contributed by atoms with Crippen LogP contribution in [0.1, 0.15) is 95.3 Å². The molecular weight excluding hydrogens is 783 g/mol. The van der Waals surface area contributed by atoms with Gasteiger partial charge in [-0.1, -0.05) is 24.8 Å². The fourth-order valence-electron chi connectivity index (χ4n) is 8.06. The number of imidazole rings is 1. The Kier molecular flexibility index (Phi) is 13.3. The van der Waals surface area contributed by atoms with Crippen molar-refractivity contribution in [1.29, 1.82) is 0 Å². The van der Waals surface area contributed by atoms with Crippen molar-refractivity contribution in [2.75, 3.05) is 41.9 Å². The summed E-state index contributed by atoms with van der Waals surface area (Å²) < 4.78 is 27.6. The lowest BCUT2D eigenvalue weighted by atomic mass is 10.00. The molecule has 2 aromatic carbocycles. The van der Waals surface area contributed by atoms with Crippen molar-refractivity contribution < 1.29 is 42.9 Å². The molecule has 3 atom stereocenters. The molecule has 16 heteroatoms. The minimum Gasteiger partial charge on any atom is -0.493 e. The van der Waals surface area contributed by atoms with E-state index in [1.54, 1.807) is 42.1 Å². The first kappa shape index (κ1) is 42.8. The number of ether oxygens (including phenoxy) is 4. The van der Waals surface area contributed by atoms with Crippen molar-refractivity contribution in [3.8, 4) is 16.9 Å². The molecule has 322 valence electrons. The fraction of sp³-hybridized carbons (Fsp3) is 0.422. The number of Topliss-reactive ketones (excluding diaryl/α,β-unsaturated/α-hetero) is 1. The minimum atomic E-state index is -0.862. The first-order valence-electron chi connectivity index (χ1n) is 20.8. The van der Waals surface area contributed by atoms with Crippen molar-refractivity contribution >= 4 is 46.8 Å². The molecule has 4 aromatic rings. The minimum absolute atomic E-state index is 0.0234. The maximum absolute atomic E-state index is 14.2. The predicted octanol–water partition coefficient (Wildman–Crippen LogP) is 6.99. The zero-order valence-corrected chi connectivity index (χ0v) is 35.1. The number of piperidine rings is 1. The van der Waals surface area contributed by atoms with Gasteiger partial charge in [-0.05, 0) is 87.3 Å². The largest absolute Gasteiger partial charge is 0.493 e. The SMILES string of the molecule is C=CCOC(=O)N1c2cc(OCCCC(=O)Nc3cn(C)c(C(=O)Nc4ccc(-c5cc(C(C)=O)n(C)c5)cc4)n3)c(C)cc2C(=O)N2CCCC[C@H]2C1OC1CCCCO1. The Morgan fingerprint density at radius 2 is 1.75 bits per heavy atom. The number of aryl methyl sites for hydroxylation is 3. The monoisotopic (exact) mass is 835 g/mol. The Labute approximate surface area is 354 Å². The topological polar surface area (TPSA) is 176 Å². The van der Waals surface area contributed by atoms with E-state index in [0.29, 0.717) is 66.4 Å². The van der Waals surface area contributed by atoms with E-state index in [9.17, 15) is 24.0 Å². The van der Waals surface area contributed by atoms with Gasteiger partial charge >= 0.3 is 6.09 Å². The highest BCUT2D eigenvalue weighted by Crippen LogP contribution is 2.40. The Morgan fingerprint density at radius 1 is 0.967 bits per heavy atom. The van der Waals surface area contributed by atoms with Gasteiger partial charge in [0.05, 0.1) is 29.6 Å². The smallest absolute Gasteiger partial charge is 0.416 e. The van der Waals surface area contributed by atoms with E-state index >= 15 is 0 Å². The number of amides is 4. The van der Waals surface area contributed by atoms with Gasteiger partial charge in [-0.2, -0.15) is 0 Å². The average Bonchev–Trinajstić information content (AvgIpc) is 3.81. The van der Waals surface area contributed by atoms with E-state index in [4.69, 9.17) is 18.9 Å². The molecule has 0 radical (unpaired) electrons. The number of carbonyl (C=O) groups excluding carboxylic acids is 5. The highest BCUT2D eigenvalue weighted by Gasteiger charge is 2.46. The highest BCUT2D eigenvalue weighted by molar-refractivity contribution is 6.06. The number of aromatic nitrogens is 3. The van der Waals surface area contributed by atoms with Crippen LogP contribution in [0.2, 0.25) is 0 Å². The lowest BCUT2D eigenvalue weighted by Gasteiger charge is -2.42. The fourth-order valence-corrected chi connectivity index (χ4v) is 8.06. The summed E-state index contributed by atoms with van der Waals surface area (Å²) in [4.78, 5) is 73.7. The number of hydrogen-bond donors (Lipinski definition) is 2. The van der Waals surface area contributed by atoms with Gasteiger partial charge < -0.3 is 43.6 Å². The molecule has 0 bridgehead atoms. The maximum Gasteiger partial charge on any atom is 0.416 e.